The third kappa shape index (κ3) is 2.96. The maximum atomic E-state index is 10.6. The molecule has 86 valence electrons. The van der Waals surface area contributed by atoms with Crippen molar-refractivity contribution < 1.29 is 4.92 Å². The smallest absolute Gasteiger partial charge is 0.269 e. The number of benzene rings is 1. The predicted molar refractivity (Wildman–Crippen MR) is 65.9 cm³/mol. The molecule has 1 aliphatic heterocycles. The number of nitro benzene ring substituents is 1. The summed E-state index contributed by atoms with van der Waals surface area (Å²) in [4.78, 5) is 10.3. The molecule has 0 radical (unpaired) electrons. The molecule has 0 spiro atoms. The summed E-state index contributed by atoms with van der Waals surface area (Å²) in [6.45, 7) is 2.06. The van der Waals surface area contributed by atoms with Gasteiger partial charge in [0.25, 0.3) is 5.69 Å². The number of hydrogen-bond donors (Lipinski definition) is 1. The van der Waals surface area contributed by atoms with Gasteiger partial charge in [0.05, 0.1) is 4.92 Å². The topological polar surface area (TPSA) is 55.2 Å². The molecule has 0 bridgehead atoms. The van der Waals surface area contributed by atoms with Gasteiger partial charge in [-0.15, -0.1) is 0 Å². The molecular weight excluding hydrogens is 224 g/mol. The average molecular weight is 238 g/mol. The molecule has 1 aliphatic rings. The van der Waals surface area contributed by atoms with E-state index >= 15 is 0 Å². The molecule has 5 heteroatoms. The minimum absolute atomic E-state index is 0.186. The number of rotatable bonds is 3. The van der Waals surface area contributed by atoms with Gasteiger partial charge in [0, 0.05) is 36.2 Å². The zero-order valence-electron chi connectivity index (χ0n) is 8.89. The average Bonchev–Trinajstić information content (AvgIpc) is 2.30. The van der Waals surface area contributed by atoms with Crippen molar-refractivity contribution in [3.05, 3.63) is 39.9 Å². The fourth-order valence-electron chi connectivity index (χ4n) is 1.81. The van der Waals surface area contributed by atoms with Crippen molar-refractivity contribution >= 4 is 17.4 Å². The largest absolute Gasteiger partial charge is 0.315 e. The highest BCUT2D eigenvalue weighted by molar-refractivity contribution is 8.00. The van der Waals surface area contributed by atoms with Crippen LogP contribution in [-0.4, -0.2) is 29.0 Å². The Labute approximate surface area is 98.6 Å². The zero-order chi connectivity index (χ0) is 11.4. The van der Waals surface area contributed by atoms with Crippen LogP contribution >= 0.6 is 11.8 Å². The lowest BCUT2D eigenvalue weighted by atomic mass is 10.1. The Morgan fingerprint density at radius 2 is 2.44 bits per heavy atom. The van der Waals surface area contributed by atoms with Crippen molar-refractivity contribution in [2.24, 2.45) is 0 Å². The molecule has 1 N–H and O–H groups in total. The third-order valence-electron chi connectivity index (χ3n) is 2.59. The zero-order valence-corrected chi connectivity index (χ0v) is 9.70. The molecule has 1 aromatic carbocycles. The van der Waals surface area contributed by atoms with Gasteiger partial charge < -0.3 is 5.32 Å². The molecule has 16 heavy (non-hydrogen) atoms. The van der Waals surface area contributed by atoms with Crippen LogP contribution in [0.1, 0.15) is 5.56 Å². The molecule has 2 rings (SSSR count). The summed E-state index contributed by atoms with van der Waals surface area (Å²) in [5.74, 6) is 1.12. The van der Waals surface area contributed by atoms with Crippen molar-refractivity contribution in [3.8, 4) is 0 Å². The Hall–Kier alpha value is -1.07. The monoisotopic (exact) mass is 238 g/mol. The van der Waals surface area contributed by atoms with Crippen LogP contribution in [0.3, 0.4) is 0 Å². The summed E-state index contributed by atoms with van der Waals surface area (Å²) in [6.07, 6.45) is 0.902. The van der Waals surface area contributed by atoms with Gasteiger partial charge in [-0.2, -0.15) is 11.8 Å². The highest BCUT2D eigenvalue weighted by Gasteiger charge is 2.15. The molecule has 4 nitrogen and oxygen atoms in total. The Bertz CT molecular complexity index is 378. The van der Waals surface area contributed by atoms with Gasteiger partial charge in [-0.3, -0.25) is 10.1 Å². The van der Waals surface area contributed by atoms with E-state index in [4.69, 9.17) is 0 Å². The first-order valence-corrected chi connectivity index (χ1v) is 6.36. The van der Waals surface area contributed by atoms with Crippen molar-refractivity contribution in [1.29, 1.82) is 0 Å². The summed E-state index contributed by atoms with van der Waals surface area (Å²) in [5.41, 5.74) is 1.24. The van der Waals surface area contributed by atoms with E-state index in [-0.39, 0.29) is 10.6 Å². The van der Waals surface area contributed by atoms with Gasteiger partial charge in [0.15, 0.2) is 0 Å². The fourth-order valence-corrected chi connectivity index (χ4v) is 2.95. The molecule has 1 atom stereocenters. The molecule has 0 aromatic heterocycles. The summed E-state index contributed by atoms with van der Waals surface area (Å²) in [6, 6.07) is 6.93. The Kier molecular flexibility index (Phi) is 3.79. The summed E-state index contributed by atoms with van der Waals surface area (Å²) >= 11 is 1.94. The number of thioether (sulfide) groups is 1. The van der Waals surface area contributed by atoms with Crippen LogP contribution in [0.2, 0.25) is 0 Å². The molecule has 1 saturated heterocycles. The van der Waals surface area contributed by atoms with Gasteiger partial charge in [-0.1, -0.05) is 12.1 Å². The molecule has 0 saturated carbocycles. The van der Waals surface area contributed by atoms with Crippen LogP contribution in [0.5, 0.6) is 0 Å². The molecule has 1 unspecified atom stereocenters. The van der Waals surface area contributed by atoms with E-state index < -0.39 is 0 Å². The van der Waals surface area contributed by atoms with Crippen molar-refractivity contribution in [2.45, 2.75) is 11.7 Å². The lowest BCUT2D eigenvalue weighted by Gasteiger charge is -2.22. The molecule has 1 fully saturated rings. The van der Waals surface area contributed by atoms with E-state index in [0.717, 1.165) is 30.8 Å². The van der Waals surface area contributed by atoms with E-state index in [0.29, 0.717) is 5.25 Å². The first-order chi connectivity index (χ1) is 7.75. The van der Waals surface area contributed by atoms with E-state index in [1.54, 1.807) is 12.1 Å². The minimum atomic E-state index is -0.338. The second-order valence-electron chi connectivity index (χ2n) is 3.83. The molecule has 0 amide bonds. The summed E-state index contributed by atoms with van der Waals surface area (Å²) < 4.78 is 0. The Morgan fingerprint density at radius 1 is 1.56 bits per heavy atom. The van der Waals surface area contributed by atoms with E-state index in [1.807, 2.05) is 17.8 Å². The summed E-state index contributed by atoms with van der Waals surface area (Å²) in [5, 5.41) is 14.5. The number of nitrogens with one attached hydrogen (secondary N) is 1. The van der Waals surface area contributed by atoms with Crippen molar-refractivity contribution in [2.75, 3.05) is 18.8 Å². The highest BCUT2D eigenvalue weighted by Crippen LogP contribution is 2.20. The Morgan fingerprint density at radius 3 is 3.12 bits per heavy atom. The minimum Gasteiger partial charge on any atom is -0.315 e. The lowest BCUT2D eigenvalue weighted by molar-refractivity contribution is -0.384. The molecular formula is C11H14N2O2S. The van der Waals surface area contributed by atoms with Gasteiger partial charge in [0.2, 0.25) is 0 Å². The van der Waals surface area contributed by atoms with Gasteiger partial charge in [0.1, 0.15) is 0 Å². The predicted octanol–water partition coefficient (Wildman–Crippen LogP) is 1.84. The molecule has 0 aliphatic carbocycles. The van der Waals surface area contributed by atoms with Crippen LogP contribution in [0.25, 0.3) is 0 Å². The Balaban J connectivity index is 2.02. The first-order valence-electron chi connectivity index (χ1n) is 5.31. The lowest BCUT2D eigenvalue weighted by Crippen LogP contribution is -2.33. The maximum absolute atomic E-state index is 10.6. The van der Waals surface area contributed by atoms with E-state index in [9.17, 15) is 10.1 Å². The standard InChI is InChI=1S/C11H14N2O2S/c14-13(15)10-3-1-2-9(6-10)7-11-8-12-4-5-16-11/h1-3,6,11-12H,4-5,7-8H2. The van der Waals surface area contributed by atoms with Crippen LogP contribution in [-0.2, 0) is 6.42 Å². The normalized spacial score (nSPS) is 20.6. The van der Waals surface area contributed by atoms with E-state index in [1.165, 1.54) is 6.07 Å². The number of nitrogens with zero attached hydrogens (tertiary/aromatic N) is 1. The fraction of sp³-hybridized carbons (Fsp3) is 0.455. The molecule has 1 aromatic rings. The van der Waals surface area contributed by atoms with Gasteiger partial charge in [-0.25, -0.2) is 0 Å². The van der Waals surface area contributed by atoms with Gasteiger partial charge >= 0.3 is 0 Å². The molecule has 1 heterocycles. The maximum Gasteiger partial charge on any atom is 0.269 e. The number of hydrogen-bond acceptors (Lipinski definition) is 4. The van der Waals surface area contributed by atoms with Gasteiger partial charge in [-0.05, 0) is 12.0 Å². The van der Waals surface area contributed by atoms with Crippen LogP contribution in [0, 0.1) is 10.1 Å². The highest BCUT2D eigenvalue weighted by atomic mass is 32.2. The first kappa shape index (κ1) is 11.4. The second kappa shape index (κ2) is 5.32. The quantitative estimate of drug-likeness (QED) is 0.645. The number of nitro groups is 1. The van der Waals surface area contributed by atoms with Crippen LogP contribution in [0.15, 0.2) is 24.3 Å². The van der Waals surface area contributed by atoms with Crippen LogP contribution < -0.4 is 5.32 Å². The third-order valence-corrected chi connectivity index (χ3v) is 3.83. The van der Waals surface area contributed by atoms with Crippen molar-refractivity contribution in [3.63, 3.8) is 0 Å². The SMILES string of the molecule is O=[N+]([O-])c1cccc(CC2CNCCS2)c1. The summed E-state index contributed by atoms with van der Waals surface area (Å²) in [7, 11) is 0. The van der Waals surface area contributed by atoms with Crippen LogP contribution in [0.4, 0.5) is 5.69 Å². The number of non-ortho nitro benzene ring substituents is 1. The van der Waals surface area contributed by atoms with Crippen molar-refractivity contribution in [1.82, 2.24) is 5.32 Å². The van der Waals surface area contributed by atoms with E-state index in [2.05, 4.69) is 5.32 Å². The second-order valence-corrected chi connectivity index (χ2v) is 5.24.